The van der Waals surface area contributed by atoms with Crippen LogP contribution in [0, 0.1) is 0 Å². The van der Waals surface area contributed by atoms with Crippen molar-refractivity contribution >= 4 is 43.1 Å². The molecule has 0 N–H and O–H groups in total. The van der Waals surface area contributed by atoms with Crippen LogP contribution in [0.2, 0.25) is 0 Å². The largest absolute Gasteiger partial charge is 0.456 e. The molecule has 0 amide bonds. The molecule has 0 spiro atoms. The summed E-state index contributed by atoms with van der Waals surface area (Å²) in [7, 11) is 0. The van der Waals surface area contributed by atoms with Gasteiger partial charge in [0.25, 0.3) is 0 Å². The van der Waals surface area contributed by atoms with Crippen molar-refractivity contribution in [2.45, 2.75) is 0 Å². The fourth-order valence-corrected chi connectivity index (χ4v) is 8.36. The molecule has 0 aromatic heterocycles. The first-order chi connectivity index (χ1) is 25.2. The minimum absolute atomic E-state index is 0.894. The van der Waals surface area contributed by atoms with Gasteiger partial charge in [-0.05, 0) is 136 Å². The molecule has 0 atom stereocenters. The van der Waals surface area contributed by atoms with E-state index in [1.165, 1.54) is 87.8 Å². The highest BCUT2D eigenvalue weighted by molar-refractivity contribution is 6.23. The van der Waals surface area contributed by atoms with E-state index in [-0.39, 0.29) is 0 Å². The van der Waals surface area contributed by atoms with Gasteiger partial charge >= 0.3 is 0 Å². The summed E-state index contributed by atoms with van der Waals surface area (Å²) in [4.78, 5) is 0. The molecule has 1 nitrogen and oxygen atoms in total. The summed E-state index contributed by atoms with van der Waals surface area (Å²) in [5.74, 6) is 1.79. The molecule has 10 aromatic rings. The fraction of sp³-hybridized carbons (Fsp3) is 0. The maximum absolute atomic E-state index is 6.61. The number of rotatable bonds is 4. The predicted octanol–water partition coefficient (Wildman–Crippen LogP) is 14.2. The lowest BCUT2D eigenvalue weighted by atomic mass is 9.87. The summed E-state index contributed by atoms with van der Waals surface area (Å²) >= 11 is 0. The van der Waals surface area contributed by atoms with Gasteiger partial charge in [0.2, 0.25) is 0 Å². The van der Waals surface area contributed by atoms with Gasteiger partial charge in [-0.1, -0.05) is 133 Å². The third kappa shape index (κ3) is 4.42. The van der Waals surface area contributed by atoms with Crippen molar-refractivity contribution in [1.29, 1.82) is 0 Å². The zero-order valence-corrected chi connectivity index (χ0v) is 27.7. The van der Waals surface area contributed by atoms with Crippen LogP contribution in [0.25, 0.3) is 98.7 Å². The van der Waals surface area contributed by atoms with Crippen molar-refractivity contribution in [3.63, 3.8) is 0 Å². The predicted molar refractivity (Wildman–Crippen MR) is 215 cm³/mol. The highest BCUT2D eigenvalue weighted by Gasteiger charge is 2.23. The van der Waals surface area contributed by atoms with Crippen LogP contribution >= 0.6 is 0 Å². The summed E-state index contributed by atoms with van der Waals surface area (Å²) in [5.41, 5.74) is 11.9. The molecule has 0 unspecified atom stereocenters. The normalized spacial score (nSPS) is 12.1. The van der Waals surface area contributed by atoms with E-state index in [0.29, 0.717) is 0 Å². The van der Waals surface area contributed by atoms with Crippen LogP contribution in [0.5, 0.6) is 11.5 Å². The molecule has 51 heavy (non-hydrogen) atoms. The van der Waals surface area contributed by atoms with Crippen molar-refractivity contribution < 1.29 is 4.74 Å². The van der Waals surface area contributed by atoms with E-state index in [1.807, 2.05) is 0 Å². The Morgan fingerprint density at radius 2 is 0.824 bits per heavy atom. The van der Waals surface area contributed by atoms with Gasteiger partial charge in [0.1, 0.15) is 11.5 Å². The average molecular weight is 647 g/mol. The first-order valence-corrected chi connectivity index (χ1v) is 17.6. The number of benzene rings is 10. The third-order valence-corrected chi connectivity index (χ3v) is 10.7. The molecule has 0 aliphatic carbocycles. The Kier molecular flexibility index (Phi) is 6.02. The smallest absolute Gasteiger partial charge is 0.135 e. The molecule has 0 radical (unpaired) electrons. The van der Waals surface area contributed by atoms with Crippen LogP contribution < -0.4 is 4.74 Å². The molecule has 11 rings (SSSR count). The van der Waals surface area contributed by atoms with Gasteiger partial charge in [-0.25, -0.2) is 0 Å². The Balaban J connectivity index is 1.12. The second-order valence-corrected chi connectivity index (χ2v) is 13.7. The average Bonchev–Trinajstić information content (AvgIpc) is 3.20. The van der Waals surface area contributed by atoms with Crippen LogP contribution in [-0.2, 0) is 0 Å². The Morgan fingerprint density at radius 3 is 1.55 bits per heavy atom. The summed E-state index contributed by atoms with van der Waals surface area (Å²) in [6.45, 7) is 0. The topological polar surface area (TPSA) is 9.23 Å². The monoisotopic (exact) mass is 646 g/mol. The third-order valence-electron chi connectivity index (χ3n) is 10.7. The maximum atomic E-state index is 6.61. The molecule has 1 heteroatoms. The Hall–Kier alpha value is -6.70. The standard InChI is InChI=1S/C50H30O/c1-3-9-31(10-4-1)35-21-23-46-45(30-35)44-16-8-15-43-42(22-24-47(51-46)50(43)44)41-28-38(32-11-5-2-6-12-32)27-40(29-41)39-25-36-19-17-33-13-7-14-34-18-20-37(26-39)49(36)48(33)34/h1-30H. The number of fused-ring (bicyclic) bond motifs is 2. The second-order valence-electron chi connectivity index (χ2n) is 13.7. The van der Waals surface area contributed by atoms with Gasteiger partial charge in [-0.2, -0.15) is 0 Å². The zero-order valence-electron chi connectivity index (χ0n) is 27.7. The lowest BCUT2D eigenvalue weighted by molar-refractivity contribution is 0.487. The number of hydrogen-bond acceptors (Lipinski definition) is 1. The van der Waals surface area contributed by atoms with Crippen molar-refractivity contribution in [3.05, 3.63) is 182 Å². The van der Waals surface area contributed by atoms with E-state index in [0.717, 1.165) is 22.4 Å². The Bertz CT molecular complexity index is 2910. The minimum Gasteiger partial charge on any atom is -0.456 e. The van der Waals surface area contributed by atoms with Crippen molar-refractivity contribution in [3.8, 4) is 67.1 Å². The minimum atomic E-state index is 0.894. The van der Waals surface area contributed by atoms with Gasteiger partial charge in [0, 0.05) is 10.9 Å². The molecule has 0 saturated carbocycles. The van der Waals surface area contributed by atoms with Crippen molar-refractivity contribution in [1.82, 2.24) is 0 Å². The van der Waals surface area contributed by atoms with Gasteiger partial charge in [0.05, 0.1) is 0 Å². The summed E-state index contributed by atoms with van der Waals surface area (Å²) in [5, 5.41) is 10.1. The molecule has 0 fully saturated rings. The molecule has 0 saturated heterocycles. The molecular weight excluding hydrogens is 617 g/mol. The van der Waals surface area contributed by atoms with Crippen LogP contribution in [0.4, 0.5) is 0 Å². The Labute approximate surface area is 296 Å². The summed E-state index contributed by atoms with van der Waals surface area (Å²) in [6.07, 6.45) is 0. The van der Waals surface area contributed by atoms with Gasteiger partial charge in [-0.3, -0.25) is 0 Å². The van der Waals surface area contributed by atoms with E-state index >= 15 is 0 Å². The summed E-state index contributed by atoms with van der Waals surface area (Å²) < 4.78 is 6.61. The zero-order chi connectivity index (χ0) is 33.5. The fourth-order valence-electron chi connectivity index (χ4n) is 8.36. The second kappa shape index (κ2) is 10.9. The molecule has 1 heterocycles. The van der Waals surface area contributed by atoms with E-state index in [1.54, 1.807) is 0 Å². The summed E-state index contributed by atoms with van der Waals surface area (Å²) in [6, 6.07) is 66.4. The number of hydrogen-bond donors (Lipinski definition) is 0. The van der Waals surface area contributed by atoms with Crippen molar-refractivity contribution in [2.75, 3.05) is 0 Å². The SMILES string of the molecule is c1ccc(-c2cc(-c3cc4ccc5cccc6ccc(c3)c4c56)cc(-c3ccc4c5c(cccc35)-c3cc(-c5ccccc5)ccc3O4)c2)cc1. The van der Waals surface area contributed by atoms with Crippen LogP contribution in [0.1, 0.15) is 0 Å². The molecule has 0 bridgehead atoms. The van der Waals surface area contributed by atoms with Gasteiger partial charge < -0.3 is 4.74 Å². The van der Waals surface area contributed by atoms with Crippen LogP contribution in [-0.4, -0.2) is 0 Å². The lowest BCUT2D eigenvalue weighted by Gasteiger charge is -2.23. The molecule has 10 aromatic carbocycles. The molecular formula is C50H30O. The number of ether oxygens (including phenoxy) is 1. The van der Waals surface area contributed by atoms with Crippen LogP contribution in [0.15, 0.2) is 182 Å². The van der Waals surface area contributed by atoms with Crippen molar-refractivity contribution in [2.24, 2.45) is 0 Å². The van der Waals surface area contributed by atoms with Gasteiger partial charge in [0.15, 0.2) is 0 Å². The quantitative estimate of drug-likeness (QED) is 0.173. The highest BCUT2D eigenvalue weighted by atomic mass is 16.5. The van der Waals surface area contributed by atoms with E-state index in [2.05, 4.69) is 182 Å². The first-order valence-electron chi connectivity index (χ1n) is 17.6. The van der Waals surface area contributed by atoms with E-state index < -0.39 is 0 Å². The first kappa shape index (κ1) is 28.2. The van der Waals surface area contributed by atoms with Gasteiger partial charge in [-0.15, -0.1) is 0 Å². The Morgan fingerprint density at radius 1 is 0.255 bits per heavy atom. The maximum Gasteiger partial charge on any atom is 0.135 e. The lowest BCUT2D eigenvalue weighted by Crippen LogP contribution is -1.98. The molecule has 1 aliphatic heterocycles. The molecule has 1 aliphatic rings. The van der Waals surface area contributed by atoms with Crippen LogP contribution in [0.3, 0.4) is 0 Å². The van der Waals surface area contributed by atoms with E-state index in [4.69, 9.17) is 4.74 Å². The van der Waals surface area contributed by atoms with E-state index in [9.17, 15) is 0 Å². The highest BCUT2D eigenvalue weighted by Crippen LogP contribution is 2.50. The molecule has 236 valence electrons.